The predicted molar refractivity (Wildman–Crippen MR) is 71.7 cm³/mol. The number of hydrogen-bond acceptors (Lipinski definition) is 5. The number of hydrogen-bond donors (Lipinski definition) is 1. The lowest BCUT2D eigenvalue weighted by Crippen LogP contribution is -2.21. The van der Waals surface area contributed by atoms with Gasteiger partial charge in [0.2, 0.25) is 5.13 Å². The predicted octanol–water partition coefficient (Wildman–Crippen LogP) is 2.47. The van der Waals surface area contributed by atoms with Crippen molar-refractivity contribution in [2.45, 2.75) is 13.3 Å². The fraction of sp³-hybridized carbons (Fsp3) is 0.333. The molecule has 0 aliphatic heterocycles. The molecule has 6 heteroatoms. The summed E-state index contributed by atoms with van der Waals surface area (Å²) in [6.07, 6.45) is 0.771. The molecular weight excluding hydrogens is 251 g/mol. The number of aryl methyl sites for hydroxylation is 1. The summed E-state index contributed by atoms with van der Waals surface area (Å²) in [5.41, 5.74) is 6.04. The zero-order chi connectivity index (χ0) is 13.0. The molecule has 18 heavy (non-hydrogen) atoms. The molecule has 2 N–H and O–H groups in total. The Hall–Kier alpha value is -1.53. The molecule has 0 amide bonds. The minimum atomic E-state index is -0.262. The van der Waals surface area contributed by atoms with Gasteiger partial charge in [-0.3, -0.25) is 0 Å². The van der Waals surface area contributed by atoms with Gasteiger partial charge in [-0.25, -0.2) is 9.37 Å². The van der Waals surface area contributed by atoms with Gasteiger partial charge >= 0.3 is 0 Å². The van der Waals surface area contributed by atoms with Crippen molar-refractivity contribution in [2.75, 3.05) is 18.0 Å². The van der Waals surface area contributed by atoms with Crippen LogP contribution in [-0.4, -0.2) is 22.4 Å². The Labute approximate surface area is 109 Å². The monoisotopic (exact) mass is 266 g/mol. The largest absolute Gasteiger partial charge is 0.330 e. The highest BCUT2D eigenvalue weighted by Crippen LogP contribution is 2.28. The van der Waals surface area contributed by atoms with Gasteiger partial charge in [0.15, 0.2) is 0 Å². The average Bonchev–Trinajstić information content (AvgIpc) is 2.78. The molecule has 0 saturated carbocycles. The first kappa shape index (κ1) is 12.9. The van der Waals surface area contributed by atoms with Crippen LogP contribution < -0.4 is 10.6 Å². The van der Waals surface area contributed by atoms with Crippen LogP contribution >= 0.6 is 11.5 Å². The molecule has 2 rings (SSSR count). The first-order chi connectivity index (χ1) is 8.72. The number of rotatable bonds is 5. The highest BCUT2D eigenvalue weighted by atomic mass is 32.1. The second kappa shape index (κ2) is 5.88. The van der Waals surface area contributed by atoms with Crippen molar-refractivity contribution in [3.63, 3.8) is 0 Å². The van der Waals surface area contributed by atoms with Gasteiger partial charge in [0.25, 0.3) is 0 Å². The van der Waals surface area contributed by atoms with Crippen molar-refractivity contribution >= 4 is 22.4 Å². The second-order valence-corrected chi connectivity index (χ2v) is 4.60. The number of aromatic nitrogens is 2. The van der Waals surface area contributed by atoms with Crippen LogP contribution in [0.25, 0.3) is 0 Å². The maximum absolute atomic E-state index is 13.8. The Morgan fingerprint density at radius 3 is 2.78 bits per heavy atom. The zero-order valence-electron chi connectivity index (χ0n) is 10.1. The molecule has 0 unspecified atom stereocenters. The van der Waals surface area contributed by atoms with Crippen molar-refractivity contribution in [2.24, 2.45) is 5.73 Å². The number of para-hydroxylation sites is 1. The second-order valence-electron chi connectivity index (χ2n) is 3.87. The van der Waals surface area contributed by atoms with E-state index in [2.05, 4.69) is 9.36 Å². The van der Waals surface area contributed by atoms with Crippen molar-refractivity contribution in [3.05, 3.63) is 35.9 Å². The number of benzene rings is 1. The van der Waals surface area contributed by atoms with E-state index < -0.39 is 0 Å². The Bertz CT molecular complexity index is 514. The van der Waals surface area contributed by atoms with Crippen LogP contribution in [-0.2, 0) is 0 Å². The Kier molecular flexibility index (Phi) is 4.22. The molecule has 1 aromatic carbocycles. The first-order valence-corrected chi connectivity index (χ1v) is 6.52. The average molecular weight is 266 g/mol. The number of nitrogens with zero attached hydrogens (tertiary/aromatic N) is 3. The fourth-order valence-electron chi connectivity index (χ4n) is 1.63. The van der Waals surface area contributed by atoms with Crippen molar-refractivity contribution in [1.29, 1.82) is 0 Å². The van der Waals surface area contributed by atoms with Crippen molar-refractivity contribution in [3.8, 4) is 0 Å². The Morgan fingerprint density at radius 1 is 1.39 bits per heavy atom. The lowest BCUT2D eigenvalue weighted by Gasteiger charge is -2.21. The number of anilines is 2. The molecule has 0 radical (unpaired) electrons. The fourth-order valence-corrected chi connectivity index (χ4v) is 2.35. The molecule has 96 valence electrons. The van der Waals surface area contributed by atoms with Crippen LogP contribution in [0, 0.1) is 12.7 Å². The SMILES string of the molecule is Cc1nsc(N(CCCN)c2ccccc2F)n1. The van der Waals surface area contributed by atoms with Gasteiger partial charge in [-0.1, -0.05) is 12.1 Å². The van der Waals surface area contributed by atoms with Crippen LogP contribution in [0.1, 0.15) is 12.2 Å². The highest BCUT2D eigenvalue weighted by Gasteiger charge is 2.16. The molecule has 0 atom stereocenters. The van der Waals surface area contributed by atoms with Gasteiger partial charge in [0, 0.05) is 18.1 Å². The van der Waals surface area contributed by atoms with E-state index in [1.807, 2.05) is 17.9 Å². The van der Waals surface area contributed by atoms with Gasteiger partial charge in [0.05, 0.1) is 5.69 Å². The molecule has 0 aliphatic carbocycles. The van der Waals surface area contributed by atoms with E-state index in [0.717, 1.165) is 6.42 Å². The van der Waals surface area contributed by atoms with Crippen molar-refractivity contribution in [1.82, 2.24) is 9.36 Å². The molecule has 0 bridgehead atoms. The summed E-state index contributed by atoms with van der Waals surface area (Å²) in [5.74, 6) is 0.437. The third-order valence-corrected chi connectivity index (χ3v) is 3.31. The third-order valence-electron chi connectivity index (χ3n) is 2.48. The molecular formula is C12H15FN4S. The smallest absolute Gasteiger partial charge is 0.209 e. The van der Waals surface area contributed by atoms with Gasteiger partial charge < -0.3 is 10.6 Å². The minimum Gasteiger partial charge on any atom is -0.330 e. The molecule has 0 fully saturated rings. The third kappa shape index (κ3) is 2.83. The van der Waals surface area contributed by atoms with E-state index in [4.69, 9.17) is 5.73 Å². The van der Waals surface area contributed by atoms with Crippen LogP contribution in [0.15, 0.2) is 24.3 Å². The van der Waals surface area contributed by atoms with E-state index in [0.29, 0.717) is 29.7 Å². The van der Waals surface area contributed by atoms with Gasteiger partial charge in [0.1, 0.15) is 11.6 Å². The molecule has 1 aromatic heterocycles. The van der Waals surface area contributed by atoms with E-state index in [1.54, 1.807) is 12.1 Å². The van der Waals surface area contributed by atoms with E-state index in [1.165, 1.54) is 17.6 Å². The quantitative estimate of drug-likeness (QED) is 0.903. The lowest BCUT2D eigenvalue weighted by atomic mass is 10.2. The summed E-state index contributed by atoms with van der Waals surface area (Å²) in [5, 5.41) is 0.700. The van der Waals surface area contributed by atoms with Crippen molar-refractivity contribution < 1.29 is 4.39 Å². The summed E-state index contributed by atoms with van der Waals surface area (Å²) < 4.78 is 18.0. The summed E-state index contributed by atoms with van der Waals surface area (Å²) in [7, 11) is 0. The minimum absolute atomic E-state index is 0.262. The molecule has 2 aromatic rings. The molecule has 0 aliphatic rings. The Balaban J connectivity index is 2.33. The zero-order valence-corrected chi connectivity index (χ0v) is 11.0. The van der Waals surface area contributed by atoms with Crippen LogP contribution in [0.5, 0.6) is 0 Å². The lowest BCUT2D eigenvalue weighted by molar-refractivity contribution is 0.623. The first-order valence-electron chi connectivity index (χ1n) is 5.75. The van der Waals surface area contributed by atoms with E-state index >= 15 is 0 Å². The summed E-state index contributed by atoms with van der Waals surface area (Å²) in [4.78, 5) is 6.13. The van der Waals surface area contributed by atoms with Gasteiger partial charge in [-0.05, 0) is 32.0 Å². The normalized spacial score (nSPS) is 10.6. The van der Waals surface area contributed by atoms with Crippen LogP contribution in [0.3, 0.4) is 0 Å². The summed E-state index contributed by atoms with van der Waals surface area (Å²) in [6, 6.07) is 6.66. The van der Waals surface area contributed by atoms with E-state index in [9.17, 15) is 4.39 Å². The number of nitrogens with two attached hydrogens (primary N) is 1. The Morgan fingerprint density at radius 2 is 2.17 bits per heavy atom. The molecule has 0 spiro atoms. The maximum Gasteiger partial charge on any atom is 0.209 e. The van der Waals surface area contributed by atoms with Crippen LogP contribution in [0.2, 0.25) is 0 Å². The van der Waals surface area contributed by atoms with Crippen LogP contribution in [0.4, 0.5) is 15.2 Å². The highest BCUT2D eigenvalue weighted by molar-refractivity contribution is 7.09. The number of halogens is 1. The summed E-state index contributed by atoms with van der Waals surface area (Å²) in [6.45, 7) is 3.01. The van der Waals surface area contributed by atoms with E-state index in [-0.39, 0.29) is 5.82 Å². The van der Waals surface area contributed by atoms with Gasteiger partial charge in [-0.2, -0.15) is 4.37 Å². The van der Waals surface area contributed by atoms with Gasteiger partial charge in [-0.15, -0.1) is 0 Å². The molecule has 4 nitrogen and oxygen atoms in total. The summed E-state index contributed by atoms with van der Waals surface area (Å²) >= 11 is 1.27. The maximum atomic E-state index is 13.8. The molecule has 1 heterocycles. The molecule has 0 saturated heterocycles. The topological polar surface area (TPSA) is 55.0 Å². The standard InChI is InChI=1S/C12H15FN4S/c1-9-15-12(18-16-9)17(8-4-7-14)11-6-3-2-5-10(11)13/h2-3,5-6H,4,7-8,14H2,1H3.